The van der Waals surface area contributed by atoms with Crippen molar-refractivity contribution in [2.45, 2.75) is 6.92 Å². The van der Waals surface area contributed by atoms with E-state index >= 15 is 0 Å². The van der Waals surface area contributed by atoms with E-state index in [0.717, 1.165) is 11.5 Å². The summed E-state index contributed by atoms with van der Waals surface area (Å²) in [5, 5.41) is 2.88. The van der Waals surface area contributed by atoms with Crippen molar-refractivity contribution >= 4 is 5.82 Å². The molecule has 1 rings (SSSR count). The summed E-state index contributed by atoms with van der Waals surface area (Å²) in [7, 11) is 1.82. The Morgan fingerprint density at radius 2 is 2.11 bits per heavy atom. The Labute approximate surface area is 54.2 Å². The van der Waals surface area contributed by atoms with Crippen LogP contribution >= 0.6 is 0 Å². The van der Waals surface area contributed by atoms with Gasteiger partial charge in [-0.2, -0.15) is 0 Å². The van der Waals surface area contributed by atoms with Gasteiger partial charge >= 0.3 is 0 Å². The van der Waals surface area contributed by atoms with Crippen LogP contribution in [0, 0.1) is 6.92 Å². The number of hydrogen-bond acceptors (Lipinski definition) is 3. The molecule has 0 saturated heterocycles. The van der Waals surface area contributed by atoms with Crippen molar-refractivity contribution in [2.24, 2.45) is 0 Å². The molecule has 0 aliphatic carbocycles. The van der Waals surface area contributed by atoms with Crippen molar-refractivity contribution in [3.8, 4) is 0 Å². The van der Waals surface area contributed by atoms with E-state index in [2.05, 4.69) is 15.3 Å². The maximum Gasteiger partial charge on any atom is 0.144 e. The molecule has 0 fully saturated rings. The van der Waals surface area contributed by atoms with E-state index < -0.39 is 0 Å². The summed E-state index contributed by atoms with van der Waals surface area (Å²) in [6, 6.07) is 0. The van der Waals surface area contributed by atoms with Gasteiger partial charge in [-0.15, -0.1) is 0 Å². The molecule has 0 saturated carbocycles. The van der Waals surface area contributed by atoms with E-state index in [1.54, 1.807) is 12.4 Å². The number of aryl methyl sites for hydroxylation is 1. The molecule has 1 N–H and O–H groups in total. The van der Waals surface area contributed by atoms with Gasteiger partial charge in [0.25, 0.3) is 0 Å². The third-order valence-corrected chi connectivity index (χ3v) is 1.04. The van der Waals surface area contributed by atoms with E-state index in [-0.39, 0.29) is 0 Å². The summed E-state index contributed by atoms with van der Waals surface area (Å²) in [5.74, 6) is 0.806. The SMILES string of the molecule is CNc1cnc(C)cn1. The monoisotopic (exact) mass is 123 g/mol. The Kier molecular flexibility index (Phi) is 1.63. The second-order valence-electron chi connectivity index (χ2n) is 1.79. The lowest BCUT2D eigenvalue weighted by molar-refractivity contribution is 1.11. The molecule has 0 bridgehead atoms. The first-order valence-corrected chi connectivity index (χ1v) is 2.79. The molecular formula is C6H9N3. The normalized spacial score (nSPS) is 9.11. The summed E-state index contributed by atoms with van der Waals surface area (Å²) in [6.07, 6.45) is 3.43. The van der Waals surface area contributed by atoms with Gasteiger partial charge in [0, 0.05) is 7.05 Å². The van der Waals surface area contributed by atoms with E-state index in [4.69, 9.17) is 0 Å². The van der Waals surface area contributed by atoms with Crippen LogP contribution in [0.4, 0.5) is 5.82 Å². The van der Waals surface area contributed by atoms with Crippen molar-refractivity contribution < 1.29 is 0 Å². The summed E-state index contributed by atoms with van der Waals surface area (Å²) >= 11 is 0. The molecule has 0 unspecified atom stereocenters. The topological polar surface area (TPSA) is 37.8 Å². The Balaban J connectivity index is 2.88. The Morgan fingerprint density at radius 1 is 1.33 bits per heavy atom. The number of hydrogen-bond donors (Lipinski definition) is 1. The van der Waals surface area contributed by atoms with E-state index in [1.165, 1.54) is 0 Å². The maximum absolute atomic E-state index is 4.02. The minimum Gasteiger partial charge on any atom is -0.372 e. The third kappa shape index (κ3) is 1.38. The minimum atomic E-state index is 0.806. The molecule has 0 aliphatic rings. The van der Waals surface area contributed by atoms with E-state index in [0.29, 0.717) is 0 Å². The Morgan fingerprint density at radius 3 is 2.56 bits per heavy atom. The quantitative estimate of drug-likeness (QED) is 0.601. The molecule has 9 heavy (non-hydrogen) atoms. The summed E-state index contributed by atoms with van der Waals surface area (Å²) in [4.78, 5) is 8.05. The van der Waals surface area contributed by atoms with Crippen molar-refractivity contribution in [3.63, 3.8) is 0 Å². The van der Waals surface area contributed by atoms with Crippen molar-refractivity contribution in [3.05, 3.63) is 18.1 Å². The zero-order valence-electron chi connectivity index (χ0n) is 5.55. The van der Waals surface area contributed by atoms with Gasteiger partial charge in [-0.05, 0) is 6.92 Å². The van der Waals surface area contributed by atoms with Crippen LogP contribution in [0.15, 0.2) is 12.4 Å². The zero-order valence-corrected chi connectivity index (χ0v) is 5.55. The molecular weight excluding hydrogens is 114 g/mol. The molecule has 0 atom stereocenters. The number of aromatic nitrogens is 2. The predicted octanol–water partition coefficient (Wildman–Crippen LogP) is 0.827. The maximum atomic E-state index is 4.02. The average Bonchev–Trinajstić information content (AvgIpc) is 1.90. The first kappa shape index (κ1) is 6.01. The van der Waals surface area contributed by atoms with Gasteiger partial charge in [-0.3, -0.25) is 4.98 Å². The summed E-state index contributed by atoms with van der Waals surface area (Å²) in [6.45, 7) is 1.91. The molecule has 0 spiro atoms. The standard InChI is InChI=1S/C6H9N3/c1-5-3-9-6(7-2)4-8-5/h3-4H,1-2H3,(H,7,9). The highest BCUT2D eigenvalue weighted by Gasteiger charge is 1.86. The van der Waals surface area contributed by atoms with E-state index in [1.807, 2.05) is 14.0 Å². The van der Waals surface area contributed by atoms with Crippen LogP contribution in [-0.2, 0) is 0 Å². The molecule has 0 aliphatic heterocycles. The van der Waals surface area contributed by atoms with Crippen molar-refractivity contribution in [1.82, 2.24) is 9.97 Å². The largest absolute Gasteiger partial charge is 0.372 e. The lowest BCUT2D eigenvalue weighted by Gasteiger charge is -1.95. The molecule has 0 aromatic carbocycles. The number of rotatable bonds is 1. The highest BCUT2D eigenvalue weighted by Crippen LogP contribution is 1.96. The van der Waals surface area contributed by atoms with Crippen LogP contribution in [0.3, 0.4) is 0 Å². The summed E-state index contributed by atoms with van der Waals surface area (Å²) < 4.78 is 0. The fourth-order valence-corrected chi connectivity index (χ4v) is 0.522. The Bertz CT molecular complexity index is 180. The number of anilines is 1. The summed E-state index contributed by atoms with van der Waals surface area (Å²) in [5.41, 5.74) is 0.939. The molecule has 1 aromatic rings. The minimum absolute atomic E-state index is 0.806. The van der Waals surface area contributed by atoms with Gasteiger partial charge in [-0.25, -0.2) is 4.98 Å². The second kappa shape index (κ2) is 2.44. The lowest BCUT2D eigenvalue weighted by atomic mass is 10.5. The number of nitrogens with one attached hydrogen (secondary N) is 1. The van der Waals surface area contributed by atoms with Crippen molar-refractivity contribution in [2.75, 3.05) is 12.4 Å². The van der Waals surface area contributed by atoms with Crippen LogP contribution < -0.4 is 5.32 Å². The van der Waals surface area contributed by atoms with Crippen LogP contribution in [0.1, 0.15) is 5.69 Å². The Hall–Kier alpha value is -1.12. The van der Waals surface area contributed by atoms with Gasteiger partial charge < -0.3 is 5.32 Å². The van der Waals surface area contributed by atoms with Crippen LogP contribution in [0.2, 0.25) is 0 Å². The molecule has 0 amide bonds. The van der Waals surface area contributed by atoms with Gasteiger partial charge in [0.1, 0.15) is 5.82 Å². The molecule has 3 heteroatoms. The highest BCUT2D eigenvalue weighted by atomic mass is 15.0. The zero-order chi connectivity index (χ0) is 6.69. The molecule has 3 nitrogen and oxygen atoms in total. The van der Waals surface area contributed by atoms with E-state index in [9.17, 15) is 0 Å². The van der Waals surface area contributed by atoms with Gasteiger partial charge in [0.05, 0.1) is 18.1 Å². The fourth-order valence-electron chi connectivity index (χ4n) is 0.522. The molecule has 0 radical (unpaired) electrons. The fraction of sp³-hybridized carbons (Fsp3) is 0.333. The molecule has 1 aromatic heterocycles. The third-order valence-electron chi connectivity index (χ3n) is 1.04. The van der Waals surface area contributed by atoms with Gasteiger partial charge in [0.2, 0.25) is 0 Å². The first-order chi connectivity index (χ1) is 4.33. The van der Waals surface area contributed by atoms with Crippen LogP contribution in [-0.4, -0.2) is 17.0 Å². The molecule has 48 valence electrons. The number of nitrogens with zero attached hydrogens (tertiary/aromatic N) is 2. The van der Waals surface area contributed by atoms with Gasteiger partial charge in [0.15, 0.2) is 0 Å². The van der Waals surface area contributed by atoms with Crippen LogP contribution in [0.25, 0.3) is 0 Å². The lowest BCUT2D eigenvalue weighted by Crippen LogP contribution is -1.92. The van der Waals surface area contributed by atoms with Gasteiger partial charge in [-0.1, -0.05) is 0 Å². The average molecular weight is 123 g/mol. The first-order valence-electron chi connectivity index (χ1n) is 2.79. The van der Waals surface area contributed by atoms with Crippen LogP contribution in [0.5, 0.6) is 0 Å². The van der Waals surface area contributed by atoms with Crippen molar-refractivity contribution in [1.29, 1.82) is 0 Å². The smallest absolute Gasteiger partial charge is 0.144 e. The molecule has 1 heterocycles. The highest BCUT2D eigenvalue weighted by molar-refractivity contribution is 5.29. The predicted molar refractivity (Wildman–Crippen MR) is 36.3 cm³/mol. The second-order valence-corrected chi connectivity index (χ2v) is 1.79.